The van der Waals surface area contributed by atoms with Gasteiger partial charge in [0, 0.05) is 16.3 Å². The van der Waals surface area contributed by atoms with Gasteiger partial charge in [-0.05, 0) is 71.5 Å². The fourth-order valence-electron chi connectivity index (χ4n) is 3.26. The zero-order chi connectivity index (χ0) is 23.9. The van der Waals surface area contributed by atoms with Gasteiger partial charge in [0.15, 0.2) is 5.11 Å². The topological polar surface area (TPSA) is 72.0 Å². The first kappa shape index (κ1) is 23.2. The molecule has 34 heavy (non-hydrogen) atoms. The molecule has 0 bridgehead atoms. The number of hydrogen-bond acceptors (Lipinski definition) is 5. The molecule has 0 atom stereocenters. The number of esters is 1. The first-order chi connectivity index (χ1) is 16.5. The number of carbonyl (C=O) groups is 1. The van der Waals surface area contributed by atoms with Crippen LogP contribution in [0.4, 0.5) is 5.69 Å². The number of nitrogens with zero attached hydrogens (tertiary/aromatic N) is 1. The average molecular weight is 490 g/mol. The number of halogens is 1. The van der Waals surface area contributed by atoms with Crippen LogP contribution in [0.15, 0.2) is 90.0 Å². The van der Waals surface area contributed by atoms with E-state index in [0.29, 0.717) is 27.6 Å². The largest absolute Gasteiger partial charge is 0.497 e. The molecule has 0 amide bonds. The standard InChI is InChI=1S/C26H20ClN3O3S/c1-32-21-12-9-18(10-13-21)25(31)33-24-14-11-17-5-2-3-8-22(17)23(24)16-28-30-26(34)29-20-7-4-6-19(27)15-20/h2-16H,1H3,(H2,29,30,34)/b28-16+. The number of benzene rings is 4. The van der Waals surface area contributed by atoms with Gasteiger partial charge in [0.05, 0.1) is 18.9 Å². The van der Waals surface area contributed by atoms with Gasteiger partial charge in [-0.1, -0.05) is 48.0 Å². The van der Waals surface area contributed by atoms with Gasteiger partial charge in [-0.3, -0.25) is 5.43 Å². The van der Waals surface area contributed by atoms with Crippen molar-refractivity contribution in [2.75, 3.05) is 12.4 Å². The van der Waals surface area contributed by atoms with Gasteiger partial charge in [0.25, 0.3) is 0 Å². The van der Waals surface area contributed by atoms with Crippen molar-refractivity contribution in [2.45, 2.75) is 0 Å². The van der Waals surface area contributed by atoms with Crippen molar-refractivity contribution < 1.29 is 14.3 Å². The predicted molar refractivity (Wildman–Crippen MR) is 140 cm³/mol. The lowest BCUT2D eigenvalue weighted by molar-refractivity contribution is 0.0734. The Morgan fingerprint density at radius 3 is 2.56 bits per heavy atom. The molecule has 4 aromatic rings. The third-order valence-corrected chi connectivity index (χ3v) is 5.33. The quantitative estimate of drug-likeness (QED) is 0.113. The average Bonchev–Trinajstić information content (AvgIpc) is 2.85. The highest BCUT2D eigenvalue weighted by molar-refractivity contribution is 7.80. The van der Waals surface area contributed by atoms with Crippen molar-refractivity contribution in [2.24, 2.45) is 5.10 Å². The molecule has 0 radical (unpaired) electrons. The van der Waals surface area contributed by atoms with Crippen molar-refractivity contribution in [3.05, 3.63) is 101 Å². The number of carbonyl (C=O) groups excluding carboxylic acids is 1. The lowest BCUT2D eigenvalue weighted by Crippen LogP contribution is -2.23. The summed E-state index contributed by atoms with van der Waals surface area (Å²) in [5, 5.41) is 10.0. The molecule has 170 valence electrons. The molecule has 0 heterocycles. The molecule has 8 heteroatoms. The smallest absolute Gasteiger partial charge is 0.343 e. The normalized spacial score (nSPS) is 10.8. The number of rotatable bonds is 6. The minimum absolute atomic E-state index is 0.288. The van der Waals surface area contributed by atoms with Crippen LogP contribution in [0.5, 0.6) is 11.5 Å². The van der Waals surface area contributed by atoms with Crippen molar-refractivity contribution in [3.63, 3.8) is 0 Å². The Balaban J connectivity index is 1.55. The van der Waals surface area contributed by atoms with Gasteiger partial charge >= 0.3 is 5.97 Å². The first-order valence-electron chi connectivity index (χ1n) is 10.3. The second-order valence-electron chi connectivity index (χ2n) is 7.15. The van der Waals surface area contributed by atoms with Gasteiger partial charge < -0.3 is 14.8 Å². The Morgan fingerprint density at radius 1 is 1.00 bits per heavy atom. The number of ether oxygens (including phenoxy) is 2. The minimum atomic E-state index is -0.487. The van der Waals surface area contributed by atoms with E-state index in [-0.39, 0.29) is 5.11 Å². The maximum absolute atomic E-state index is 12.8. The van der Waals surface area contributed by atoms with E-state index in [2.05, 4.69) is 15.8 Å². The van der Waals surface area contributed by atoms with E-state index in [1.54, 1.807) is 55.8 Å². The summed E-state index contributed by atoms with van der Waals surface area (Å²) in [6, 6.07) is 25.3. The molecule has 0 spiro atoms. The SMILES string of the molecule is COc1ccc(C(=O)Oc2ccc3ccccc3c2/C=N/NC(=S)Nc2cccc(Cl)c2)cc1. The monoisotopic (exact) mass is 489 g/mol. The van der Waals surface area contributed by atoms with Crippen LogP contribution in [0.3, 0.4) is 0 Å². The Kier molecular flexibility index (Phi) is 7.37. The van der Waals surface area contributed by atoms with E-state index in [9.17, 15) is 4.79 Å². The van der Waals surface area contributed by atoms with E-state index >= 15 is 0 Å². The highest BCUT2D eigenvalue weighted by Crippen LogP contribution is 2.27. The van der Waals surface area contributed by atoms with Crippen LogP contribution < -0.4 is 20.2 Å². The molecule has 2 N–H and O–H groups in total. The van der Waals surface area contributed by atoms with Crippen LogP contribution in [-0.2, 0) is 0 Å². The molecule has 4 rings (SSSR count). The number of hydrogen-bond donors (Lipinski definition) is 2. The zero-order valence-electron chi connectivity index (χ0n) is 18.1. The highest BCUT2D eigenvalue weighted by Gasteiger charge is 2.14. The first-order valence-corrected chi connectivity index (χ1v) is 11.1. The molecule has 0 saturated heterocycles. The summed E-state index contributed by atoms with van der Waals surface area (Å²) >= 11 is 11.3. The minimum Gasteiger partial charge on any atom is -0.497 e. The van der Waals surface area contributed by atoms with Gasteiger partial charge in [-0.2, -0.15) is 5.10 Å². The number of nitrogens with one attached hydrogen (secondary N) is 2. The molecule has 6 nitrogen and oxygen atoms in total. The van der Waals surface area contributed by atoms with Crippen molar-refractivity contribution in [1.82, 2.24) is 5.43 Å². The number of thiocarbonyl (C=S) groups is 1. The van der Waals surface area contributed by atoms with Crippen molar-refractivity contribution in [1.29, 1.82) is 0 Å². The Bertz CT molecular complexity index is 1370. The van der Waals surface area contributed by atoms with E-state index in [1.807, 2.05) is 42.5 Å². The summed E-state index contributed by atoms with van der Waals surface area (Å²) in [6.07, 6.45) is 1.57. The molecule has 0 aliphatic carbocycles. The lowest BCUT2D eigenvalue weighted by atomic mass is 10.0. The van der Waals surface area contributed by atoms with E-state index < -0.39 is 5.97 Å². The van der Waals surface area contributed by atoms with Crippen molar-refractivity contribution >= 4 is 57.6 Å². The van der Waals surface area contributed by atoms with Gasteiger partial charge in [0.2, 0.25) is 0 Å². The van der Waals surface area contributed by atoms with Crippen molar-refractivity contribution in [3.8, 4) is 11.5 Å². The number of hydrazone groups is 1. The molecule has 0 aliphatic heterocycles. The van der Waals surface area contributed by atoms with Crippen LogP contribution in [0, 0.1) is 0 Å². The Labute approximate surface area is 207 Å². The summed E-state index contributed by atoms with van der Waals surface area (Å²) in [6.45, 7) is 0. The predicted octanol–water partition coefficient (Wildman–Crippen LogP) is 6.04. The number of fused-ring (bicyclic) bond motifs is 1. The van der Waals surface area contributed by atoms with E-state index in [1.165, 1.54) is 0 Å². The fraction of sp³-hybridized carbons (Fsp3) is 0.0385. The Morgan fingerprint density at radius 2 is 1.79 bits per heavy atom. The van der Waals surface area contributed by atoms with E-state index in [4.69, 9.17) is 33.3 Å². The fourth-order valence-corrected chi connectivity index (χ4v) is 3.63. The molecule has 0 saturated carbocycles. The van der Waals surface area contributed by atoms with Crippen LogP contribution in [0.1, 0.15) is 15.9 Å². The third-order valence-electron chi connectivity index (χ3n) is 4.90. The molecule has 0 fully saturated rings. The highest BCUT2D eigenvalue weighted by atomic mass is 35.5. The summed E-state index contributed by atoms with van der Waals surface area (Å²) in [4.78, 5) is 12.8. The molecular weight excluding hydrogens is 470 g/mol. The van der Waals surface area contributed by atoms with Crippen LogP contribution in [-0.4, -0.2) is 24.4 Å². The molecule has 4 aromatic carbocycles. The summed E-state index contributed by atoms with van der Waals surface area (Å²) < 4.78 is 10.9. The van der Waals surface area contributed by atoms with Gasteiger partial charge in [-0.25, -0.2) is 4.79 Å². The van der Waals surface area contributed by atoms with Crippen LogP contribution in [0.2, 0.25) is 5.02 Å². The molecule has 0 aromatic heterocycles. The number of anilines is 1. The van der Waals surface area contributed by atoms with E-state index in [0.717, 1.165) is 16.5 Å². The molecular formula is C26H20ClN3O3S. The number of methoxy groups -OCH3 is 1. The lowest BCUT2D eigenvalue weighted by Gasteiger charge is -2.11. The summed E-state index contributed by atoms with van der Waals surface area (Å²) in [5.41, 5.74) is 4.56. The molecule has 0 unspecified atom stereocenters. The maximum atomic E-state index is 12.8. The summed E-state index contributed by atoms with van der Waals surface area (Å²) in [7, 11) is 1.57. The second kappa shape index (κ2) is 10.8. The van der Waals surface area contributed by atoms with Gasteiger partial charge in [0.1, 0.15) is 11.5 Å². The van der Waals surface area contributed by atoms with Gasteiger partial charge in [-0.15, -0.1) is 0 Å². The second-order valence-corrected chi connectivity index (χ2v) is 8.00. The third kappa shape index (κ3) is 5.70. The van der Waals surface area contributed by atoms with Crippen LogP contribution >= 0.6 is 23.8 Å². The molecule has 0 aliphatic rings. The Hall–Kier alpha value is -3.94. The maximum Gasteiger partial charge on any atom is 0.343 e. The zero-order valence-corrected chi connectivity index (χ0v) is 19.7. The van der Waals surface area contributed by atoms with Crippen LogP contribution in [0.25, 0.3) is 10.8 Å². The summed E-state index contributed by atoms with van der Waals surface area (Å²) in [5.74, 6) is 0.543.